The van der Waals surface area contributed by atoms with E-state index in [1.54, 1.807) is 0 Å². The van der Waals surface area contributed by atoms with E-state index in [0.717, 1.165) is 19.5 Å². The molecule has 2 rings (SSSR count). The molecule has 0 radical (unpaired) electrons. The Labute approximate surface area is 125 Å². The highest BCUT2D eigenvalue weighted by Crippen LogP contribution is 2.17. The largest absolute Gasteiger partial charge is 0.384 e. The molecule has 0 bridgehead atoms. The Bertz CT molecular complexity index is 649. The Hall–Kier alpha value is -1.46. The number of aliphatic hydroxyl groups is 1. The van der Waals surface area contributed by atoms with Gasteiger partial charge in [0.05, 0.1) is 0 Å². The first-order chi connectivity index (χ1) is 10.0. The predicted octanol–water partition coefficient (Wildman–Crippen LogP) is -0.248. The zero-order chi connectivity index (χ0) is 15.3. The monoisotopic (exact) mass is 309 g/mol. The van der Waals surface area contributed by atoms with Gasteiger partial charge in [-0.15, -0.1) is 0 Å². The van der Waals surface area contributed by atoms with Crippen molar-refractivity contribution in [2.45, 2.75) is 11.3 Å². The number of rotatable bonds is 2. The van der Waals surface area contributed by atoms with Crippen LogP contribution in [0.15, 0.2) is 23.4 Å². The summed E-state index contributed by atoms with van der Waals surface area (Å²) in [7, 11) is -1.55. The normalized spacial score (nSPS) is 17.8. The van der Waals surface area contributed by atoms with Gasteiger partial charge in [-0.3, -0.25) is 4.98 Å². The van der Waals surface area contributed by atoms with E-state index in [9.17, 15) is 8.42 Å². The number of likely N-dealkylation sites (N-methyl/N-ethyl adjacent to an activating group) is 1. The molecule has 1 saturated heterocycles. The molecule has 1 aliphatic heterocycles. The van der Waals surface area contributed by atoms with Crippen molar-refractivity contribution in [3.05, 3.63) is 24.0 Å². The Kier molecular flexibility index (Phi) is 5.31. The fraction of sp³-hybridized carbons (Fsp3) is 0.500. The molecule has 114 valence electrons. The minimum atomic E-state index is -3.54. The molecule has 1 aliphatic rings. The standard InChI is InChI=1S/C14H19N3O3S/c1-16-5-3-6-17(8-7-16)21(19,20)14-10-13(4-2-9-18)11-15-12-14/h10-12,18H,3,5-9H2,1H3. The molecule has 0 aromatic carbocycles. The summed E-state index contributed by atoms with van der Waals surface area (Å²) in [6, 6.07) is 1.50. The highest BCUT2D eigenvalue weighted by molar-refractivity contribution is 7.89. The van der Waals surface area contributed by atoms with E-state index in [2.05, 4.69) is 21.7 Å². The molecule has 1 aromatic rings. The van der Waals surface area contributed by atoms with Crippen LogP contribution in [0, 0.1) is 11.8 Å². The third-order valence-corrected chi connectivity index (χ3v) is 5.21. The van der Waals surface area contributed by atoms with Crippen LogP contribution in [0.4, 0.5) is 0 Å². The summed E-state index contributed by atoms with van der Waals surface area (Å²) >= 11 is 0. The van der Waals surface area contributed by atoms with Crippen molar-refractivity contribution in [2.24, 2.45) is 0 Å². The molecule has 0 amide bonds. The first-order valence-electron chi connectivity index (χ1n) is 6.77. The third-order valence-electron chi connectivity index (χ3n) is 3.34. The quantitative estimate of drug-likeness (QED) is 0.763. The van der Waals surface area contributed by atoms with Crippen LogP contribution >= 0.6 is 0 Å². The summed E-state index contributed by atoms with van der Waals surface area (Å²) in [4.78, 5) is 6.21. The van der Waals surface area contributed by atoms with Gasteiger partial charge >= 0.3 is 0 Å². The van der Waals surface area contributed by atoms with Crippen molar-refractivity contribution in [3.8, 4) is 11.8 Å². The summed E-state index contributed by atoms with van der Waals surface area (Å²) in [6.07, 6.45) is 3.64. The number of hydrogen-bond acceptors (Lipinski definition) is 5. The summed E-state index contributed by atoms with van der Waals surface area (Å²) in [5.41, 5.74) is 0.483. The van der Waals surface area contributed by atoms with Crippen LogP contribution in [0.1, 0.15) is 12.0 Å². The second-order valence-electron chi connectivity index (χ2n) is 4.93. The maximum atomic E-state index is 12.6. The zero-order valence-corrected chi connectivity index (χ0v) is 12.8. The lowest BCUT2D eigenvalue weighted by Crippen LogP contribution is -2.34. The van der Waals surface area contributed by atoms with Crippen molar-refractivity contribution < 1.29 is 13.5 Å². The molecule has 6 nitrogen and oxygen atoms in total. The molecule has 2 heterocycles. The van der Waals surface area contributed by atoms with Crippen LogP contribution < -0.4 is 0 Å². The predicted molar refractivity (Wildman–Crippen MR) is 79.1 cm³/mol. The zero-order valence-electron chi connectivity index (χ0n) is 12.0. The van der Waals surface area contributed by atoms with Gasteiger partial charge < -0.3 is 10.0 Å². The van der Waals surface area contributed by atoms with Crippen LogP contribution in [-0.4, -0.2) is 67.5 Å². The van der Waals surface area contributed by atoms with Gasteiger partial charge in [0.2, 0.25) is 10.0 Å². The van der Waals surface area contributed by atoms with Gasteiger partial charge in [-0.05, 0) is 26.1 Å². The van der Waals surface area contributed by atoms with E-state index >= 15 is 0 Å². The van der Waals surface area contributed by atoms with Crippen LogP contribution in [0.25, 0.3) is 0 Å². The SMILES string of the molecule is CN1CCCN(S(=O)(=O)c2cncc(C#CCO)c2)CC1. The highest BCUT2D eigenvalue weighted by Gasteiger charge is 2.26. The van der Waals surface area contributed by atoms with Gasteiger partial charge in [0.25, 0.3) is 0 Å². The molecule has 7 heteroatoms. The third kappa shape index (κ3) is 4.02. The molecule has 0 aliphatic carbocycles. The fourth-order valence-electron chi connectivity index (χ4n) is 2.18. The first kappa shape index (κ1) is 15.9. The Balaban J connectivity index is 2.26. The molecule has 1 aromatic heterocycles. The molecule has 0 atom stereocenters. The van der Waals surface area contributed by atoms with Crippen LogP contribution in [0.5, 0.6) is 0 Å². The van der Waals surface area contributed by atoms with Gasteiger partial charge in [-0.2, -0.15) is 4.31 Å². The topological polar surface area (TPSA) is 73.7 Å². The van der Waals surface area contributed by atoms with Crippen LogP contribution in [0.3, 0.4) is 0 Å². The van der Waals surface area contributed by atoms with E-state index in [-0.39, 0.29) is 11.5 Å². The minimum Gasteiger partial charge on any atom is -0.384 e. The van der Waals surface area contributed by atoms with Crippen molar-refractivity contribution in [3.63, 3.8) is 0 Å². The van der Waals surface area contributed by atoms with E-state index in [1.165, 1.54) is 22.8 Å². The number of nitrogens with zero attached hydrogens (tertiary/aromatic N) is 3. The second-order valence-corrected chi connectivity index (χ2v) is 6.87. The van der Waals surface area contributed by atoms with E-state index in [4.69, 9.17) is 5.11 Å². The molecular formula is C14H19N3O3S. The first-order valence-corrected chi connectivity index (χ1v) is 8.21. The summed E-state index contributed by atoms with van der Waals surface area (Å²) in [5, 5.41) is 8.69. The second kappa shape index (κ2) is 7.00. The molecule has 0 saturated carbocycles. The fourth-order valence-corrected chi connectivity index (χ4v) is 3.64. The number of aromatic nitrogens is 1. The summed E-state index contributed by atoms with van der Waals surface area (Å²) in [5.74, 6) is 5.16. The highest BCUT2D eigenvalue weighted by atomic mass is 32.2. The van der Waals surface area contributed by atoms with E-state index < -0.39 is 10.0 Å². The average molecular weight is 309 g/mol. The minimum absolute atomic E-state index is 0.150. The van der Waals surface area contributed by atoms with Crippen molar-refractivity contribution in [1.29, 1.82) is 0 Å². The lowest BCUT2D eigenvalue weighted by molar-refractivity contribution is 0.347. The molecule has 21 heavy (non-hydrogen) atoms. The Morgan fingerprint density at radius 2 is 2.10 bits per heavy atom. The maximum absolute atomic E-state index is 12.6. The van der Waals surface area contributed by atoms with Crippen molar-refractivity contribution in [1.82, 2.24) is 14.2 Å². The number of hydrogen-bond donors (Lipinski definition) is 1. The molecule has 0 unspecified atom stereocenters. The maximum Gasteiger partial charge on any atom is 0.244 e. The summed E-state index contributed by atoms with van der Waals surface area (Å²) < 4.78 is 26.8. The smallest absolute Gasteiger partial charge is 0.244 e. The average Bonchev–Trinajstić information content (AvgIpc) is 2.70. The van der Waals surface area contributed by atoms with Gasteiger partial charge in [-0.25, -0.2) is 8.42 Å². The van der Waals surface area contributed by atoms with Crippen molar-refractivity contribution >= 4 is 10.0 Å². The Morgan fingerprint density at radius 1 is 1.29 bits per heavy atom. The van der Waals surface area contributed by atoms with Gasteiger partial charge in [-0.1, -0.05) is 11.8 Å². The molecule has 1 fully saturated rings. The van der Waals surface area contributed by atoms with Crippen LogP contribution in [-0.2, 0) is 10.0 Å². The summed E-state index contributed by atoms with van der Waals surface area (Å²) in [6.45, 7) is 2.34. The van der Waals surface area contributed by atoms with Gasteiger partial charge in [0, 0.05) is 37.6 Å². The molecule has 0 spiro atoms. The van der Waals surface area contributed by atoms with E-state index in [1.807, 2.05) is 7.05 Å². The van der Waals surface area contributed by atoms with Gasteiger partial charge in [0.15, 0.2) is 0 Å². The Morgan fingerprint density at radius 3 is 2.86 bits per heavy atom. The molecular weight excluding hydrogens is 290 g/mol. The lowest BCUT2D eigenvalue weighted by atomic mass is 10.3. The van der Waals surface area contributed by atoms with Crippen molar-refractivity contribution in [2.75, 3.05) is 39.8 Å². The number of aliphatic hydroxyl groups excluding tert-OH is 1. The lowest BCUT2D eigenvalue weighted by Gasteiger charge is -2.20. The van der Waals surface area contributed by atoms with E-state index in [0.29, 0.717) is 18.7 Å². The van der Waals surface area contributed by atoms with Gasteiger partial charge in [0.1, 0.15) is 11.5 Å². The number of pyridine rings is 1. The number of sulfonamides is 1. The molecule has 1 N–H and O–H groups in total. The van der Waals surface area contributed by atoms with Crippen LogP contribution in [0.2, 0.25) is 0 Å².